The van der Waals surface area contributed by atoms with E-state index in [4.69, 9.17) is 21.1 Å². The van der Waals surface area contributed by atoms with E-state index in [0.717, 1.165) is 11.0 Å². The predicted molar refractivity (Wildman–Crippen MR) is 99.8 cm³/mol. The maximum atomic E-state index is 6.17. The molecule has 4 nitrogen and oxygen atoms in total. The Morgan fingerprint density at radius 2 is 2.00 bits per heavy atom. The number of quaternary nitrogens is 1. The summed E-state index contributed by atoms with van der Waals surface area (Å²) in [5, 5.41) is 2.80. The molecule has 2 aromatic carbocycles. The van der Waals surface area contributed by atoms with Crippen molar-refractivity contribution in [2.24, 2.45) is 0 Å². The van der Waals surface area contributed by atoms with Crippen molar-refractivity contribution in [1.82, 2.24) is 0 Å². The Morgan fingerprint density at radius 3 is 2.67 bits per heavy atom. The normalized spacial score (nSPS) is 20.2. The van der Waals surface area contributed by atoms with Crippen molar-refractivity contribution in [2.45, 2.75) is 12.3 Å². The minimum absolute atomic E-state index is 0.0233. The number of hydrogen-bond acceptors (Lipinski definition) is 3. The summed E-state index contributed by atoms with van der Waals surface area (Å²) < 4.78 is 12.8. The summed E-state index contributed by atoms with van der Waals surface area (Å²) in [5.74, 6) is 0.683. The smallest absolute Gasteiger partial charge is 0.217 e. The fourth-order valence-corrected chi connectivity index (χ4v) is 3.38. The first-order valence-electron chi connectivity index (χ1n) is 7.87. The molecule has 0 aliphatic carbocycles. The van der Waals surface area contributed by atoms with Crippen molar-refractivity contribution in [3.63, 3.8) is 0 Å². The number of halogens is 2. The third kappa shape index (κ3) is 4.22. The zero-order valence-corrected chi connectivity index (χ0v) is 16.0. The standard InChI is InChI=1S/C18H20BrClN2O2/c1-22(2)14-6-3-12(4-7-14)18-21-10-15(24-18)11-23-17-8-5-13(19)9-16(17)20/h3-9,15,18,21H,10-11H2,1-2H3/p+1/t15-,18-/m1/s1. The largest absolute Gasteiger partial charge is 0.489 e. The van der Waals surface area contributed by atoms with Crippen molar-refractivity contribution in [3.05, 3.63) is 57.5 Å². The van der Waals surface area contributed by atoms with Crippen LogP contribution in [0.1, 0.15) is 11.8 Å². The molecule has 128 valence electrons. The van der Waals surface area contributed by atoms with Crippen LogP contribution in [0, 0.1) is 0 Å². The zero-order chi connectivity index (χ0) is 17.1. The molecular weight excluding hydrogens is 392 g/mol. The van der Waals surface area contributed by atoms with Crippen LogP contribution in [0.15, 0.2) is 46.9 Å². The number of hydrogen-bond donors (Lipinski definition) is 1. The summed E-state index contributed by atoms with van der Waals surface area (Å²) in [7, 11) is 4.07. The Bertz CT molecular complexity index is 694. The number of nitrogens with zero attached hydrogens (tertiary/aromatic N) is 1. The van der Waals surface area contributed by atoms with Crippen molar-refractivity contribution in [2.75, 3.05) is 32.1 Å². The summed E-state index contributed by atoms with van der Waals surface area (Å²) in [6, 6.07) is 14.1. The van der Waals surface area contributed by atoms with Gasteiger partial charge >= 0.3 is 0 Å². The van der Waals surface area contributed by atoms with E-state index in [1.54, 1.807) is 0 Å². The van der Waals surface area contributed by atoms with Crippen molar-refractivity contribution in [1.29, 1.82) is 0 Å². The molecule has 1 saturated heterocycles. The van der Waals surface area contributed by atoms with Crippen LogP contribution in [0.2, 0.25) is 5.02 Å². The molecule has 0 radical (unpaired) electrons. The molecule has 0 saturated carbocycles. The van der Waals surface area contributed by atoms with Gasteiger partial charge in [-0.05, 0) is 42.5 Å². The van der Waals surface area contributed by atoms with Crippen molar-refractivity contribution >= 4 is 33.2 Å². The Morgan fingerprint density at radius 1 is 1.25 bits per heavy atom. The molecule has 1 fully saturated rings. The first-order valence-corrected chi connectivity index (χ1v) is 9.04. The second kappa shape index (κ2) is 7.74. The summed E-state index contributed by atoms with van der Waals surface area (Å²) >= 11 is 9.56. The van der Waals surface area contributed by atoms with Crippen LogP contribution in [0.5, 0.6) is 5.75 Å². The van der Waals surface area contributed by atoms with E-state index in [-0.39, 0.29) is 12.3 Å². The lowest BCUT2D eigenvalue weighted by Gasteiger charge is -2.14. The van der Waals surface area contributed by atoms with Crippen molar-refractivity contribution in [3.8, 4) is 5.75 Å². The van der Waals surface area contributed by atoms with Gasteiger partial charge in [0.05, 0.1) is 5.02 Å². The Kier molecular flexibility index (Phi) is 5.66. The average Bonchev–Trinajstić information content (AvgIpc) is 3.03. The lowest BCUT2D eigenvalue weighted by molar-refractivity contribution is -0.697. The van der Waals surface area contributed by atoms with Gasteiger partial charge in [-0.2, -0.15) is 0 Å². The van der Waals surface area contributed by atoms with Crippen LogP contribution in [0.3, 0.4) is 0 Å². The molecule has 1 heterocycles. The SMILES string of the molecule is CN(C)c1ccc([C@@H]2[NH2+]C[C@H](COc3ccc(Br)cc3Cl)O2)cc1. The van der Waals surface area contributed by atoms with Crippen LogP contribution in [-0.2, 0) is 4.74 Å². The van der Waals surface area contributed by atoms with Gasteiger partial charge < -0.3 is 19.7 Å². The minimum atomic E-state index is 0.0233. The summed E-state index contributed by atoms with van der Waals surface area (Å²) in [4.78, 5) is 2.08. The fraction of sp³-hybridized carbons (Fsp3) is 0.333. The highest BCUT2D eigenvalue weighted by atomic mass is 79.9. The fourth-order valence-electron chi connectivity index (χ4n) is 2.65. The highest BCUT2D eigenvalue weighted by molar-refractivity contribution is 9.10. The van der Waals surface area contributed by atoms with Crippen LogP contribution in [0.4, 0.5) is 5.69 Å². The van der Waals surface area contributed by atoms with E-state index in [9.17, 15) is 0 Å². The maximum absolute atomic E-state index is 6.17. The molecule has 0 amide bonds. The second-order valence-corrected chi connectivity index (χ2v) is 7.34. The minimum Gasteiger partial charge on any atom is -0.489 e. The molecular formula is C18H21BrClN2O2+. The molecule has 0 unspecified atom stereocenters. The lowest BCUT2D eigenvalue weighted by Crippen LogP contribution is -2.82. The van der Waals surface area contributed by atoms with Gasteiger partial charge in [0.15, 0.2) is 0 Å². The van der Waals surface area contributed by atoms with Gasteiger partial charge in [-0.1, -0.05) is 27.5 Å². The predicted octanol–water partition coefficient (Wildman–Crippen LogP) is 3.21. The van der Waals surface area contributed by atoms with E-state index < -0.39 is 0 Å². The average molecular weight is 413 g/mol. The van der Waals surface area contributed by atoms with E-state index in [2.05, 4.69) is 50.4 Å². The van der Waals surface area contributed by atoms with Crippen LogP contribution in [0.25, 0.3) is 0 Å². The Balaban J connectivity index is 1.55. The molecule has 3 rings (SSSR count). The highest BCUT2D eigenvalue weighted by Crippen LogP contribution is 2.28. The number of anilines is 1. The lowest BCUT2D eigenvalue weighted by atomic mass is 10.2. The molecule has 2 aromatic rings. The van der Waals surface area contributed by atoms with Crippen molar-refractivity contribution < 1.29 is 14.8 Å². The van der Waals surface area contributed by atoms with Gasteiger partial charge in [0.25, 0.3) is 0 Å². The Hall–Kier alpha value is -1.27. The van der Waals surface area contributed by atoms with Gasteiger partial charge in [0.2, 0.25) is 6.23 Å². The van der Waals surface area contributed by atoms with E-state index in [0.29, 0.717) is 17.4 Å². The molecule has 2 atom stereocenters. The van der Waals surface area contributed by atoms with Crippen LogP contribution < -0.4 is 15.0 Å². The molecule has 2 N–H and O–H groups in total. The molecule has 1 aliphatic heterocycles. The molecule has 0 bridgehead atoms. The van der Waals surface area contributed by atoms with Gasteiger partial charge in [-0.15, -0.1) is 0 Å². The zero-order valence-electron chi connectivity index (χ0n) is 13.7. The number of nitrogens with two attached hydrogens (primary N) is 1. The number of benzene rings is 2. The summed E-state index contributed by atoms with van der Waals surface area (Å²) in [6.07, 6.45) is 0.0680. The van der Waals surface area contributed by atoms with Gasteiger partial charge in [0.1, 0.15) is 25.0 Å². The van der Waals surface area contributed by atoms with Gasteiger partial charge in [-0.25, -0.2) is 0 Å². The quantitative estimate of drug-likeness (QED) is 0.819. The third-order valence-corrected chi connectivity index (χ3v) is 4.80. The molecule has 1 aliphatic rings. The van der Waals surface area contributed by atoms with Crippen LogP contribution in [-0.4, -0.2) is 33.4 Å². The van der Waals surface area contributed by atoms with E-state index >= 15 is 0 Å². The van der Waals surface area contributed by atoms with Crippen LogP contribution >= 0.6 is 27.5 Å². The topological polar surface area (TPSA) is 38.3 Å². The molecule has 0 spiro atoms. The van der Waals surface area contributed by atoms with E-state index in [1.165, 1.54) is 11.3 Å². The monoisotopic (exact) mass is 411 g/mol. The molecule has 6 heteroatoms. The first-order chi connectivity index (χ1) is 11.5. The third-order valence-electron chi connectivity index (χ3n) is 4.01. The number of rotatable bonds is 5. The maximum Gasteiger partial charge on any atom is 0.217 e. The van der Waals surface area contributed by atoms with Gasteiger partial charge in [0, 0.05) is 29.8 Å². The van der Waals surface area contributed by atoms with Gasteiger partial charge in [-0.3, -0.25) is 0 Å². The second-order valence-electron chi connectivity index (χ2n) is 6.02. The number of ether oxygens (including phenoxy) is 2. The van der Waals surface area contributed by atoms with E-state index in [1.807, 2.05) is 32.3 Å². The summed E-state index contributed by atoms with van der Waals surface area (Å²) in [6.45, 7) is 1.36. The summed E-state index contributed by atoms with van der Waals surface area (Å²) in [5.41, 5.74) is 2.35. The Labute approximate surface area is 155 Å². The molecule has 0 aromatic heterocycles. The molecule has 24 heavy (non-hydrogen) atoms. The highest BCUT2D eigenvalue weighted by Gasteiger charge is 2.30. The first kappa shape index (κ1) is 17.5.